The van der Waals surface area contributed by atoms with E-state index < -0.39 is 0 Å². The molecule has 0 unspecified atom stereocenters. The predicted octanol–water partition coefficient (Wildman–Crippen LogP) is 3.24. The molecule has 1 heterocycles. The van der Waals surface area contributed by atoms with Crippen LogP contribution >= 0.6 is 11.8 Å². The van der Waals surface area contributed by atoms with Crippen molar-refractivity contribution in [2.75, 3.05) is 68.5 Å². The minimum absolute atomic E-state index is 0.0658. The van der Waals surface area contributed by atoms with Gasteiger partial charge in [-0.1, -0.05) is 30.3 Å². The molecular formula is C23H32N4OS. The highest BCUT2D eigenvalue weighted by atomic mass is 32.2. The predicted molar refractivity (Wildman–Crippen MR) is 125 cm³/mol. The second-order valence-corrected chi connectivity index (χ2v) is 8.80. The monoisotopic (exact) mass is 412 g/mol. The van der Waals surface area contributed by atoms with Crippen LogP contribution in [0, 0.1) is 0 Å². The van der Waals surface area contributed by atoms with Crippen molar-refractivity contribution in [1.82, 2.24) is 9.80 Å². The van der Waals surface area contributed by atoms with E-state index in [2.05, 4.69) is 62.5 Å². The molecular weight excluding hydrogens is 380 g/mol. The molecule has 0 atom stereocenters. The second kappa shape index (κ2) is 11.2. The van der Waals surface area contributed by atoms with E-state index in [1.807, 2.05) is 26.2 Å². The van der Waals surface area contributed by atoms with Crippen LogP contribution < -0.4 is 10.2 Å². The Labute approximate surface area is 179 Å². The van der Waals surface area contributed by atoms with Gasteiger partial charge in [0.2, 0.25) is 5.91 Å². The first-order valence-electron chi connectivity index (χ1n) is 10.2. The summed E-state index contributed by atoms with van der Waals surface area (Å²) in [6, 6.07) is 18.9. The topological polar surface area (TPSA) is 38.8 Å². The molecule has 0 spiro atoms. The van der Waals surface area contributed by atoms with E-state index in [0.29, 0.717) is 5.75 Å². The summed E-state index contributed by atoms with van der Waals surface area (Å²) in [4.78, 5) is 19.1. The molecule has 0 aliphatic carbocycles. The molecule has 0 bridgehead atoms. The van der Waals surface area contributed by atoms with Crippen molar-refractivity contribution in [1.29, 1.82) is 0 Å². The summed E-state index contributed by atoms with van der Waals surface area (Å²) in [6.07, 6.45) is 0. The minimum Gasteiger partial charge on any atom is -0.369 e. The number of carbonyl (C=O) groups excluding carboxylic acids is 1. The summed E-state index contributed by atoms with van der Waals surface area (Å²) in [5.74, 6) is 1.53. The lowest BCUT2D eigenvalue weighted by molar-refractivity contribution is -0.113. The van der Waals surface area contributed by atoms with Crippen LogP contribution in [0.2, 0.25) is 0 Å². The first kappa shape index (κ1) is 21.7. The lowest BCUT2D eigenvalue weighted by Gasteiger charge is -2.36. The van der Waals surface area contributed by atoms with Crippen molar-refractivity contribution in [2.24, 2.45) is 0 Å². The molecule has 5 nitrogen and oxygen atoms in total. The third kappa shape index (κ3) is 7.38. The maximum atomic E-state index is 12.1. The smallest absolute Gasteiger partial charge is 0.234 e. The summed E-state index contributed by atoms with van der Waals surface area (Å²) in [5.41, 5.74) is 3.47. The number of rotatable bonds is 9. The van der Waals surface area contributed by atoms with Crippen molar-refractivity contribution >= 4 is 29.0 Å². The number of carbonyl (C=O) groups is 1. The lowest BCUT2D eigenvalue weighted by Crippen LogP contribution is -2.45. The van der Waals surface area contributed by atoms with Gasteiger partial charge in [0.15, 0.2) is 0 Å². The van der Waals surface area contributed by atoms with Crippen molar-refractivity contribution < 1.29 is 4.79 Å². The number of piperazine rings is 1. The largest absolute Gasteiger partial charge is 0.369 e. The maximum Gasteiger partial charge on any atom is 0.234 e. The van der Waals surface area contributed by atoms with E-state index >= 15 is 0 Å². The van der Waals surface area contributed by atoms with E-state index in [0.717, 1.165) is 50.7 Å². The third-order valence-electron chi connectivity index (χ3n) is 5.05. The number of thioether (sulfide) groups is 1. The average molecular weight is 413 g/mol. The molecule has 1 fully saturated rings. The average Bonchev–Trinajstić information content (AvgIpc) is 2.73. The molecule has 6 heteroatoms. The molecule has 0 aromatic heterocycles. The zero-order valence-electron chi connectivity index (χ0n) is 17.5. The van der Waals surface area contributed by atoms with Gasteiger partial charge in [-0.3, -0.25) is 9.69 Å². The van der Waals surface area contributed by atoms with Crippen molar-refractivity contribution in [3.63, 3.8) is 0 Å². The van der Waals surface area contributed by atoms with Crippen LogP contribution in [-0.4, -0.2) is 74.0 Å². The van der Waals surface area contributed by atoms with Crippen molar-refractivity contribution in [3.05, 3.63) is 60.2 Å². The van der Waals surface area contributed by atoms with Gasteiger partial charge in [-0.2, -0.15) is 11.8 Å². The van der Waals surface area contributed by atoms with Gasteiger partial charge in [0.25, 0.3) is 0 Å². The van der Waals surface area contributed by atoms with Crippen LogP contribution in [-0.2, 0) is 11.3 Å². The summed E-state index contributed by atoms with van der Waals surface area (Å²) < 4.78 is 0. The van der Waals surface area contributed by atoms with Crippen LogP contribution in [0.3, 0.4) is 0 Å². The van der Waals surface area contributed by atoms with Gasteiger partial charge in [-0.15, -0.1) is 0 Å². The number of hydrogen-bond acceptors (Lipinski definition) is 5. The standard InChI is InChI=1S/C23H32N4OS/c1-25(2)16-17-29-19-23(28)24-21-8-10-22(11-9-21)27-14-12-26(13-15-27)18-20-6-4-3-5-7-20/h3-11H,12-19H2,1-2H3,(H,24,28). The molecule has 29 heavy (non-hydrogen) atoms. The maximum absolute atomic E-state index is 12.1. The van der Waals surface area contributed by atoms with E-state index in [1.54, 1.807) is 11.8 Å². The number of nitrogens with one attached hydrogen (secondary N) is 1. The number of nitrogens with zero attached hydrogens (tertiary/aromatic N) is 3. The molecule has 2 aromatic rings. The second-order valence-electron chi connectivity index (χ2n) is 7.70. The fourth-order valence-corrected chi connectivity index (χ4v) is 4.27. The molecule has 0 saturated carbocycles. The molecule has 156 valence electrons. The number of amides is 1. The van der Waals surface area contributed by atoms with Gasteiger partial charge in [-0.05, 0) is 43.9 Å². The normalized spacial score (nSPS) is 14.9. The van der Waals surface area contributed by atoms with Gasteiger partial charge in [0, 0.05) is 56.4 Å². The van der Waals surface area contributed by atoms with Gasteiger partial charge in [-0.25, -0.2) is 0 Å². The van der Waals surface area contributed by atoms with Crippen LogP contribution in [0.5, 0.6) is 0 Å². The SMILES string of the molecule is CN(C)CCSCC(=O)Nc1ccc(N2CCN(Cc3ccccc3)CC2)cc1. The lowest BCUT2D eigenvalue weighted by atomic mass is 10.2. The summed E-state index contributed by atoms with van der Waals surface area (Å²) in [5, 5.41) is 2.99. The zero-order valence-corrected chi connectivity index (χ0v) is 18.3. The fraction of sp³-hybridized carbons (Fsp3) is 0.435. The van der Waals surface area contributed by atoms with E-state index in [9.17, 15) is 4.79 Å². The molecule has 1 saturated heterocycles. The molecule has 1 N–H and O–H groups in total. The van der Waals surface area contributed by atoms with Gasteiger partial charge in [0.05, 0.1) is 5.75 Å². The van der Waals surface area contributed by atoms with Gasteiger partial charge >= 0.3 is 0 Å². The number of benzene rings is 2. The zero-order chi connectivity index (χ0) is 20.5. The van der Waals surface area contributed by atoms with Crippen molar-refractivity contribution in [2.45, 2.75) is 6.54 Å². The Hall–Kier alpha value is -2.02. The quantitative estimate of drug-likeness (QED) is 0.640. The van der Waals surface area contributed by atoms with E-state index in [1.165, 1.54) is 11.3 Å². The van der Waals surface area contributed by atoms with Crippen LogP contribution in [0.1, 0.15) is 5.56 Å². The molecule has 1 aliphatic heterocycles. The van der Waals surface area contributed by atoms with Crippen LogP contribution in [0.4, 0.5) is 11.4 Å². The highest BCUT2D eigenvalue weighted by Crippen LogP contribution is 2.20. The summed E-state index contributed by atoms with van der Waals surface area (Å²) in [7, 11) is 4.09. The van der Waals surface area contributed by atoms with E-state index in [4.69, 9.17) is 0 Å². The third-order valence-corrected chi connectivity index (χ3v) is 5.99. The Morgan fingerprint density at radius 2 is 1.69 bits per heavy atom. The Kier molecular flexibility index (Phi) is 8.40. The Morgan fingerprint density at radius 1 is 1.00 bits per heavy atom. The molecule has 1 aliphatic rings. The number of anilines is 2. The summed E-state index contributed by atoms with van der Waals surface area (Å²) in [6.45, 7) is 6.20. The Bertz CT molecular complexity index is 743. The highest BCUT2D eigenvalue weighted by Gasteiger charge is 2.17. The van der Waals surface area contributed by atoms with Crippen LogP contribution in [0.15, 0.2) is 54.6 Å². The Balaban J connectivity index is 1.40. The first-order chi connectivity index (χ1) is 14.1. The molecule has 3 rings (SSSR count). The molecule has 1 amide bonds. The molecule has 2 aromatic carbocycles. The highest BCUT2D eigenvalue weighted by molar-refractivity contribution is 7.99. The van der Waals surface area contributed by atoms with Gasteiger partial charge in [0.1, 0.15) is 0 Å². The van der Waals surface area contributed by atoms with Gasteiger partial charge < -0.3 is 15.1 Å². The van der Waals surface area contributed by atoms with E-state index in [-0.39, 0.29) is 5.91 Å². The summed E-state index contributed by atoms with van der Waals surface area (Å²) >= 11 is 1.67. The molecule has 0 radical (unpaired) electrons. The number of hydrogen-bond donors (Lipinski definition) is 1. The van der Waals surface area contributed by atoms with Crippen molar-refractivity contribution in [3.8, 4) is 0 Å². The minimum atomic E-state index is 0.0658. The Morgan fingerprint density at radius 3 is 2.34 bits per heavy atom. The fourth-order valence-electron chi connectivity index (χ4n) is 3.37. The van der Waals surface area contributed by atoms with Crippen LogP contribution in [0.25, 0.3) is 0 Å². The first-order valence-corrected chi connectivity index (χ1v) is 11.4.